The monoisotopic (exact) mass is 1120 g/mol. The van der Waals surface area contributed by atoms with Crippen LogP contribution < -0.4 is 15.1 Å². The Balaban J connectivity index is 0.000000189. The molecule has 16 heteroatoms. The maximum Gasteiger partial charge on any atom is 0.410 e. The van der Waals surface area contributed by atoms with E-state index in [-0.39, 0.29) is 49.1 Å². The maximum absolute atomic E-state index is 13.6. The fraction of sp³-hybridized carbons (Fsp3) is 0.530. The first-order valence-corrected chi connectivity index (χ1v) is 30.1. The number of carbonyl (C=O) groups excluding carboxylic acids is 3. The number of hydrogen-bond donors (Lipinski definition) is 1. The summed E-state index contributed by atoms with van der Waals surface area (Å²) >= 11 is 0. The van der Waals surface area contributed by atoms with Gasteiger partial charge in [0, 0.05) is 102 Å². The first-order chi connectivity index (χ1) is 39.5. The largest absolute Gasteiger partial charge is 0.445 e. The van der Waals surface area contributed by atoms with E-state index in [1.54, 1.807) is 4.90 Å². The molecule has 0 spiro atoms. The van der Waals surface area contributed by atoms with Gasteiger partial charge >= 0.3 is 18.3 Å². The van der Waals surface area contributed by atoms with Gasteiger partial charge in [0.2, 0.25) is 0 Å². The molecular weight excluding hydrogens is 1030 g/mol. The number of rotatable bonds is 10. The Hall–Kier alpha value is -6.75. The van der Waals surface area contributed by atoms with Gasteiger partial charge in [0.15, 0.2) is 0 Å². The highest BCUT2D eigenvalue weighted by molar-refractivity contribution is 5.72. The smallest absolute Gasteiger partial charge is 0.410 e. The lowest BCUT2D eigenvalue weighted by Crippen LogP contribution is -2.52. The Morgan fingerprint density at radius 3 is 1.50 bits per heavy atom. The molecule has 6 heterocycles. The summed E-state index contributed by atoms with van der Waals surface area (Å²) < 4.78 is 17.4. The molecule has 0 saturated carbocycles. The molecule has 5 aromatic rings. The highest BCUT2D eigenvalue weighted by Gasteiger charge is 2.40. The van der Waals surface area contributed by atoms with Crippen LogP contribution in [0.15, 0.2) is 103 Å². The molecule has 2 saturated heterocycles. The van der Waals surface area contributed by atoms with Crippen LogP contribution in [0.4, 0.5) is 25.8 Å². The van der Waals surface area contributed by atoms with Crippen molar-refractivity contribution in [2.24, 2.45) is 0 Å². The van der Waals surface area contributed by atoms with Crippen molar-refractivity contribution < 1.29 is 28.6 Å². The van der Waals surface area contributed by atoms with Crippen molar-refractivity contribution in [1.82, 2.24) is 39.8 Å². The predicted octanol–water partition coefficient (Wildman–Crippen LogP) is 10.4. The van der Waals surface area contributed by atoms with E-state index in [4.69, 9.17) is 24.2 Å². The first-order valence-electron chi connectivity index (χ1n) is 30.1. The van der Waals surface area contributed by atoms with Gasteiger partial charge in [-0.3, -0.25) is 29.6 Å². The van der Waals surface area contributed by atoms with Crippen LogP contribution in [0.2, 0.25) is 0 Å². The second kappa shape index (κ2) is 25.8. The molecule has 4 atom stereocenters. The van der Waals surface area contributed by atoms with Crippen molar-refractivity contribution in [1.29, 1.82) is 0 Å². The molecule has 2 aromatic heterocycles. The van der Waals surface area contributed by atoms with Gasteiger partial charge in [-0.2, -0.15) is 0 Å². The summed E-state index contributed by atoms with van der Waals surface area (Å²) in [5, 5.41) is 3.46. The number of anilines is 2. The molecule has 16 nitrogen and oxygen atoms in total. The van der Waals surface area contributed by atoms with E-state index in [1.165, 1.54) is 51.3 Å². The normalized spacial score (nSPS) is 20.9. The molecule has 0 radical (unpaired) electrons. The van der Waals surface area contributed by atoms with E-state index in [1.807, 2.05) is 106 Å². The first kappa shape index (κ1) is 58.4. The van der Waals surface area contributed by atoms with Crippen LogP contribution >= 0.6 is 0 Å². The summed E-state index contributed by atoms with van der Waals surface area (Å²) in [4.78, 5) is 64.8. The molecular formula is C66H88N10O6. The lowest BCUT2D eigenvalue weighted by Gasteiger charge is -2.43. The van der Waals surface area contributed by atoms with Crippen LogP contribution in [0.1, 0.15) is 130 Å². The van der Waals surface area contributed by atoms with Crippen LogP contribution in [0.3, 0.4) is 0 Å². The average molecular weight is 1120 g/mol. The second-order valence-corrected chi connectivity index (χ2v) is 25.3. The number of likely N-dealkylation sites (N-methyl/N-ethyl adjacent to an activating group) is 2. The second-order valence-electron chi connectivity index (χ2n) is 25.3. The molecule has 82 heavy (non-hydrogen) atoms. The van der Waals surface area contributed by atoms with Crippen molar-refractivity contribution in [3.05, 3.63) is 154 Å². The van der Waals surface area contributed by atoms with Gasteiger partial charge in [-0.25, -0.2) is 14.4 Å². The molecule has 0 unspecified atom stereocenters. The van der Waals surface area contributed by atoms with Crippen LogP contribution in [0.25, 0.3) is 0 Å². The minimum Gasteiger partial charge on any atom is -0.445 e. The number of piperazine rings is 2. The summed E-state index contributed by atoms with van der Waals surface area (Å²) in [5.74, 6) is 0. The number of ether oxygens (including phenoxy) is 3. The lowest BCUT2D eigenvalue weighted by molar-refractivity contribution is 0.00549. The number of amides is 3. The zero-order chi connectivity index (χ0) is 57.5. The topological polar surface area (TPSA) is 139 Å². The zero-order valence-corrected chi connectivity index (χ0v) is 49.9. The molecule has 0 bridgehead atoms. The SMILES string of the molecule is CN(C[C@H]1Cc2c(cccc2N2CCN(C(=O)OCc3ccccc3)CC2)CN1C(=O)OC(C)(C)C)[C@H]1CCCc2cccnc21.CN(C[C@H]1Cc2c(cccc2N2CCNCC2)CN1C(=O)OC(C)(C)C)[C@H]1CCCc2cccnc21. The van der Waals surface area contributed by atoms with Gasteiger partial charge in [0.25, 0.3) is 0 Å². The number of pyridine rings is 2. The lowest BCUT2D eigenvalue weighted by atomic mass is 9.89. The summed E-state index contributed by atoms with van der Waals surface area (Å²) in [6, 6.07) is 31.7. The number of carbonyl (C=O) groups is 3. The zero-order valence-electron chi connectivity index (χ0n) is 49.9. The number of benzene rings is 3. The molecule has 4 aliphatic heterocycles. The van der Waals surface area contributed by atoms with Crippen molar-refractivity contribution in [2.45, 2.75) is 148 Å². The standard InChI is InChI=1S/C37H47N5O4.C29H41N5O2/c1-37(2,3)46-36(44)42-24-29-14-9-16-32(40-19-21-41(22-20-40)35(43)45-26-27-11-6-5-7-12-27)31(29)23-30(42)25-39(4)33-17-8-13-28-15-10-18-38-34(28)33;1-29(2,3)36-28(35)34-19-22-9-6-11-25(33-16-14-30-15-17-33)24(22)18-23(34)20-32(4)26-12-5-8-21-10-7-13-31-27(21)26/h5-7,9-12,14-16,18,30,33H,8,13,17,19-26H2,1-4H3;6-7,9-11,13,23,26,30H,5,8,12,14-20H2,1-4H3/t30-,33+;23-,26+/m11/s1. The molecule has 2 aliphatic carbocycles. The van der Waals surface area contributed by atoms with Gasteiger partial charge in [0.05, 0.1) is 35.6 Å². The van der Waals surface area contributed by atoms with E-state index in [0.717, 1.165) is 108 Å². The van der Waals surface area contributed by atoms with Crippen LogP contribution in [-0.4, -0.2) is 156 Å². The Bertz CT molecular complexity index is 2990. The fourth-order valence-corrected chi connectivity index (χ4v) is 13.1. The number of aromatic nitrogens is 2. The van der Waals surface area contributed by atoms with Crippen LogP contribution in [0.5, 0.6) is 0 Å². The van der Waals surface area contributed by atoms with E-state index in [2.05, 4.69) is 87.5 Å². The maximum atomic E-state index is 13.6. The van der Waals surface area contributed by atoms with E-state index in [9.17, 15) is 14.4 Å². The third-order valence-corrected chi connectivity index (χ3v) is 17.1. The Morgan fingerprint density at radius 2 is 1.02 bits per heavy atom. The number of nitrogens with one attached hydrogen (secondary N) is 1. The minimum absolute atomic E-state index is 0.0375. The van der Waals surface area contributed by atoms with Gasteiger partial charge in [0.1, 0.15) is 17.8 Å². The van der Waals surface area contributed by atoms with Gasteiger partial charge in [-0.05, 0) is 170 Å². The van der Waals surface area contributed by atoms with E-state index in [0.29, 0.717) is 32.7 Å². The highest BCUT2D eigenvalue weighted by atomic mass is 16.6. The van der Waals surface area contributed by atoms with Crippen LogP contribution in [0, 0.1) is 0 Å². The van der Waals surface area contributed by atoms with Gasteiger partial charge in [-0.15, -0.1) is 0 Å². The van der Waals surface area contributed by atoms with E-state index < -0.39 is 11.2 Å². The molecule has 11 rings (SSSR count). The molecule has 438 valence electrons. The summed E-state index contributed by atoms with van der Waals surface area (Å²) in [6.07, 6.45) is 11.2. The summed E-state index contributed by atoms with van der Waals surface area (Å²) in [6.45, 7) is 21.1. The van der Waals surface area contributed by atoms with Gasteiger partial charge in [-0.1, -0.05) is 66.7 Å². The van der Waals surface area contributed by atoms with Crippen molar-refractivity contribution in [3.63, 3.8) is 0 Å². The van der Waals surface area contributed by atoms with Crippen LogP contribution in [-0.2, 0) is 59.6 Å². The number of nitrogens with zero attached hydrogens (tertiary/aromatic N) is 9. The minimum atomic E-state index is -0.580. The third kappa shape index (κ3) is 14.2. The number of hydrogen-bond acceptors (Lipinski definition) is 13. The van der Waals surface area contributed by atoms with E-state index >= 15 is 0 Å². The summed E-state index contributed by atoms with van der Waals surface area (Å²) in [7, 11) is 4.36. The average Bonchev–Trinajstić information content (AvgIpc) is 3.66. The molecule has 2 fully saturated rings. The quantitative estimate of drug-likeness (QED) is 0.133. The van der Waals surface area contributed by atoms with Crippen molar-refractivity contribution in [3.8, 4) is 0 Å². The molecule has 3 aromatic carbocycles. The predicted molar refractivity (Wildman–Crippen MR) is 322 cm³/mol. The Labute approximate surface area is 487 Å². The third-order valence-electron chi connectivity index (χ3n) is 17.1. The molecule has 1 N–H and O–H groups in total. The Morgan fingerprint density at radius 1 is 0.561 bits per heavy atom. The fourth-order valence-electron chi connectivity index (χ4n) is 13.1. The van der Waals surface area contributed by atoms with Crippen molar-refractivity contribution >= 4 is 29.7 Å². The summed E-state index contributed by atoms with van der Waals surface area (Å²) in [5.41, 5.74) is 12.5. The Kier molecular flexibility index (Phi) is 18.4. The van der Waals surface area contributed by atoms with Crippen molar-refractivity contribution in [2.75, 3.05) is 89.3 Å². The number of fused-ring (bicyclic) bond motifs is 4. The highest BCUT2D eigenvalue weighted by Crippen LogP contribution is 2.39. The number of aryl methyl sites for hydroxylation is 2. The molecule has 6 aliphatic rings. The van der Waals surface area contributed by atoms with Gasteiger partial charge < -0.3 is 34.2 Å². The molecule has 3 amide bonds.